The van der Waals surface area contributed by atoms with Gasteiger partial charge in [-0.3, -0.25) is 0 Å². The molecular formula is C120H76N8S4. The van der Waals surface area contributed by atoms with Gasteiger partial charge < -0.3 is 0 Å². The Morgan fingerprint density at radius 2 is 0.364 bits per heavy atom. The van der Waals surface area contributed by atoms with Crippen molar-refractivity contribution in [1.82, 2.24) is 39.9 Å². The summed E-state index contributed by atoms with van der Waals surface area (Å²) < 4.78 is 4.93. The highest BCUT2D eigenvalue weighted by Crippen LogP contribution is 2.47. The van der Waals surface area contributed by atoms with Crippen LogP contribution in [0.2, 0.25) is 0 Å². The minimum absolute atomic E-state index is 0.743. The second-order valence-electron chi connectivity index (χ2n) is 32.3. The summed E-state index contributed by atoms with van der Waals surface area (Å²) >= 11 is 6.93. The summed E-state index contributed by atoms with van der Waals surface area (Å²) in [6.07, 6.45) is 0. The number of aromatic nitrogens is 8. The van der Waals surface area contributed by atoms with Crippen LogP contribution in [0.25, 0.3) is 238 Å². The Morgan fingerprint density at radius 3 is 0.720 bits per heavy atom. The average molecular weight is 1760 g/mol. The van der Waals surface area contributed by atoms with Gasteiger partial charge in [0.2, 0.25) is 0 Å². The summed E-state index contributed by atoms with van der Waals surface area (Å²) in [5.41, 5.74) is 21.9. The van der Waals surface area contributed by atoms with Gasteiger partial charge >= 0.3 is 0 Å². The van der Waals surface area contributed by atoms with E-state index in [0.717, 1.165) is 143 Å². The number of nitrogens with zero attached hydrogens (tertiary/aromatic N) is 8. The smallest absolute Gasteiger partial charge is 0.162 e. The molecule has 0 saturated carbocycles. The molecule has 0 aliphatic carbocycles. The van der Waals surface area contributed by atoms with Gasteiger partial charge in [-0.1, -0.05) is 400 Å². The van der Waals surface area contributed by atoms with Gasteiger partial charge in [0.15, 0.2) is 23.3 Å². The first-order valence-electron chi connectivity index (χ1n) is 43.9. The van der Waals surface area contributed by atoms with Gasteiger partial charge in [-0.15, -0.1) is 45.3 Å². The molecule has 620 valence electrons. The van der Waals surface area contributed by atoms with Crippen LogP contribution in [0, 0.1) is 0 Å². The minimum Gasteiger partial charge on any atom is -0.227 e. The molecule has 26 rings (SSSR count). The van der Waals surface area contributed by atoms with Gasteiger partial charge in [0.25, 0.3) is 0 Å². The van der Waals surface area contributed by atoms with Crippen LogP contribution in [0.5, 0.6) is 0 Å². The molecule has 12 heteroatoms. The third kappa shape index (κ3) is 15.9. The number of hydrogen-bond donors (Lipinski definition) is 0. The molecule has 0 N–H and O–H groups in total. The fraction of sp³-hybridized carbons (Fsp3) is 0. The molecule has 0 radical (unpaired) electrons. The van der Waals surface area contributed by atoms with Crippen molar-refractivity contribution in [2.24, 2.45) is 0 Å². The lowest BCUT2D eigenvalue weighted by atomic mass is 9.94. The molecule has 0 spiro atoms. The Hall–Kier alpha value is -16.3. The zero-order valence-corrected chi connectivity index (χ0v) is 74.4. The van der Waals surface area contributed by atoms with E-state index in [2.05, 4.69) is 413 Å². The van der Waals surface area contributed by atoms with E-state index >= 15 is 0 Å². The normalized spacial score (nSPS) is 11.3. The van der Waals surface area contributed by atoms with Crippen molar-refractivity contribution in [1.29, 1.82) is 0 Å². The van der Waals surface area contributed by atoms with Crippen molar-refractivity contribution in [3.05, 3.63) is 461 Å². The first-order chi connectivity index (χ1) is 65.4. The second-order valence-corrected chi connectivity index (χ2v) is 36.4. The number of thiophene rings is 4. The van der Waals surface area contributed by atoms with Crippen molar-refractivity contribution in [3.8, 4) is 135 Å². The maximum absolute atomic E-state index is 5.23. The molecule has 0 atom stereocenters. The fourth-order valence-electron chi connectivity index (χ4n) is 17.8. The lowest BCUT2D eigenvalue weighted by Crippen LogP contribution is -1.95. The lowest BCUT2D eigenvalue weighted by molar-refractivity contribution is 1.24. The summed E-state index contributed by atoms with van der Waals surface area (Å²) in [7, 11) is 0. The van der Waals surface area contributed by atoms with Crippen LogP contribution in [0.1, 0.15) is 0 Å². The SMILES string of the molecule is c1ccc(-c2cc(-c3ccccc3)cc(-c3nc(-c4ccccc4)c4c(n3)sc3ccccc34)c2)cc1.c1ccc(-c2cc(-c3ccccc3)cc(-c3nc(-c4ccccc4)nc4sc5ccccc5c34)c2)cc1.c1ccc(-c2nc(-c3cccc4ccccc34)c3c(n2)sc2ccccc23)cc1.c1ccc(-c2nc(-c3cccc4ccccc34)nc3sc4ccccc4c23)cc1. The van der Waals surface area contributed by atoms with E-state index in [-0.39, 0.29) is 0 Å². The van der Waals surface area contributed by atoms with Crippen LogP contribution < -0.4 is 0 Å². The molecule has 8 nitrogen and oxygen atoms in total. The van der Waals surface area contributed by atoms with Gasteiger partial charge in [0.05, 0.1) is 22.8 Å². The first kappa shape index (κ1) is 80.3. The van der Waals surface area contributed by atoms with E-state index in [1.54, 1.807) is 45.3 Å². The second kappa shape index (κ2) is 35.7. The largest absolute Gasteiger partial charge is 0.227 e. The van der Waals surface area contributed by atoms with E-state index < -0.39 is 0 Å². The van der Waals surface area contributed by atoms with Crippen LogP contribution in [0.15, 0.2) is 461 Å². The molecule has 0 aliphatic rings. The van der Waals surface area contributed by atoms with E-state index in [1.165, 1.54) is 95.3 Å². The Kier molecular flexibility index (Phi) is 21.7. The highest BCUT2D eigenvalue weighted by Gasteiger charge is 2.24. The monoisotopic (exact) mass is 1760 g/mol. The molecule has 26 aromatic rings. The zero-order chi connectivity index (χ0) is 87.6. The maximum atomic E-state index is 5.23. The standard InChI is InChI=1S/2C34H22N2S.2C26H16N2S/c1-4-12-23(13-5-1)26-20-27(24-14-6-2-7-15-24)22-28(21-26)32-31-29-18-10-11-19-30(29)37-34(31)36-33(35-32)25-16-8-3-9-17-25;1-4-12-23(13-5-1)26-20-27(24-14-6-2-7-15-24)22-28(21-26)33-35-32(25-16-8-3-9-17-25)31-29-18-10-11-19-30(29)37-34(31)36-33;1-2-10-18(11-3-1)25-27-24(20-15-8-12-17-9-4-5-13-19(17)20)23-21-14-6-7-16-22(21)29-26(23)28-25;1-2-10-18(11-3-1)24-23-21-14-6-7-16-22(21)29-26(23)28-25(27-24)20-15-8-12-17-9-4-5-13-19(17)20/h2*1-22H;2*1-16H. The van der Waals surface area contributed by atoms with Crippen molar-refractivity contribution in [3.63, 3.8) is 0 Å². The third-order valence-electron chi connectivity index (χ3n) is 24.0. The Balaban J connectivity index is 0.000000100. The molecule has 0 bridgehead atoms. The number of rotatable bonds is 12. The van der Waals surface area contributed by atoms with Crippen molar-refractivity contribution < 1.29 is 0 Å². The molecular weight excluding hydrogens is 1680 g/mol. The molecule has 8 heterocycles. The summed E-state index contributed by atoms with van der Waals surface area (Å²) in [6.45, 7) is 0. The predicted molar refractivity (Wildman–Crippen MR) is 560 cm³/mol. The first-order valence-corrected chi connectivity index (χ1v) is 47.2. The summed E-state index contributed by atoms with van der Waals surface area (Å²) in [5, 5.41) is 14.2. The lowest BCUT2D eigenvalue weighted by Gasteiger charge is -2.13. The predicted octanol–water partition coefficient (Wildman–Crippen LogP) is 33.7. The minimum atomic E-state index is 0.743. The van der Waals surface area contributed by atoms with E-state index in [1.807, 2.05) is 48.5 Å². The molecule has 0 aliphatic heterocycles. The van der Waals surface area contributed by atoms with Crippen molar-refractivity contribution in [2.45, 2.75) is 0 Å². The Labute approximate surface area is 777 Å². The number of fused-ring (bicyclic) bond motifs is 14. The highest BCUT2D eigenvalue weighted by atomic mass is 32.1. The molecule has 0 saturated heterocycles. The molecule has 132 heavy (non-hydrogen) atoms. The van der Waals surface area contributed by atoms with Crippen LogP contribution in [0.3, 0.4) is 0 Å². The fourth-order valence-corrected chi connectivity index (χ4v) is 22.1. The van der Waals surface area contributed by atoms with Gasteiger partial charge in [0.1, 0.15) is 19.3 Å². The third-order valence-corrected chi connectivity index (χ3v) is 28.3. The van der Waals surface area contributed by atoms with Crippen LogP contribution in [-0.4, -0.2) is 39.9 Å². The maximum Gasteiger partial charge on any atom is 0.162 e. The van der Waals surface area contributed by atoms with Gasteiger partial charge in [0, 0.05) is 106 Å². The highest BCUT2D eigenvalue weighted by molar-refractivity contribution is 7.26. The van der Waals surface area contributed by atoms with Crippen LogP contribution in [-0.2, 0) is 0 Å². The zero-order valence-electron chi connectivity index (χ0n) is 71.1. The van der Waals surface area contributed by atoms with Crippen molar-refractivity contribution >= 4 is 148 Å². The molecule has 0 unspecified atom stereocenters. The summed E-state index contributed by atoms with van der Waals surface area (Å²) in [6, 6.07) is 161. The van der Waals surface area contributed by atoms with Crippen LogP contribution in [0.4, 0.5) is 0 Å². The Bertz CT molecular complexity index is 8630. The van der Waals surface area contributed by atoms with Gasteiger partial charge in [-0.2, -0.15) is 0 Å². The van der Waals surface area contributed by atoms with E-state index in [9.17, 15) is 0 Å². The number of hydrogen-bond acceptors (Lipinski definition) is 12. The molecule has 0 fully saturated rings. The van der Waals surface area contributed by atoms with Crippen molar-refractivity contribution in [2.75, 3.05) is 0 Å². The summed E-state index contributed by atoms with van der Waals surface area (Å²) in [5.74, 6) is 3.04. The van der Waals surface area contributed by atoms with E-state index in [4.69, 9.17) is 39.9 Å². The molecule has 0 amide bonds. The quantitative estimate of drug-likeness (QED) is 0.119. The Morgan fingerprint density at radius 1 is 0.136 bits per heavy atom. The van der Waals surface area contributed by atoms with Gasteiger partial charge in [-0.05, 0) is 127 Å². The molecule has 18 aromatic carbocycles. The topological polar surface area (TPSA) is 103 Å². The van der Waals surface area contributed by atoms with Gasteiger partial charge in [-0.25, -0.2) is 39.9 Å². The summed E-state index contributed by atoms with van der Waals surface area (Å²) in [4.78, 5) is 44.9. The number of benzene rings is 18. The average Bonchev–Trinajstić information content (AvgIpc) is 1.60. The van der Waals surface area contributed by atoms with Crippen LogP contribution >= 0.6 is 45.3 Å². The molecule has 8 aromatic heterocycles. The van der Waals surface area contributed by atoms with E-state index in [0.29, 0.717) is 0 Å².